The van der Waals surface area contributed by atoms with Crippen LogP contribution in [0, 0.1) is 5.82 Å². The standard InChI is InChI=1S/C13H14ClFN2O/c14-8-6-11-10(7-9(8)15)16-12(18)13(17-11)4-2-1-3-5-13/h6-7,17H,1-5H2,(H,16,18). The van der Waals surface area contributed by atoms with E-state index in [4.69, 9.17) is 11.6 Å². The molecular formula is C13H14ClFN2O. The third kappa shape index (κ3) is 1.75. The van der Waals surface area contributed by atoms with Crippen molar-refractivity contribution in [3.8, 4) is 0 Å². The molecule has 0 unspecified atom stereocenters. The molecule has 18 heavy (non-hydrogen) atoms. The van der Waals surface area contributed by atoms with Crippen LogP contribution in [0.3, 0.4) is 0 Å². The first kappa shape index (κ1) is 11.8. The van der Waals surface area contributed by atoms with Crippen LogP contribution in [-0.2, 0) is 4.79 Å². The van der Waals surface area contributed by atoms with Crippen LogP contribution in [0.2, 0.25) is 5.02 Å². The van der Waals surface area contributed by atoms with Crippen molar-refractivity contribution in [2.45, 2.75) is 37.6 Å². The highest BCUT2D eigenvalue weighted by Crippen LogP contribution is 2.40. The fraction of sp³-hybridized carbons (Fsp3) is 0.462. The van der Waals surface area contributed by atoms with Gasteiger partial charge in [-0.2, -0.15) is 0 Å². The summed E-state index contributed by atoms with van der Waals surface area (Å²) in [5, 5.41) is 6.13. The molecule has 0 atom stereocenters. The lowest BCUT2D eigenvalue weighted by atomic mass is 9.79. The summed E-state index contributed by atoms with van der Waals surface area (Å²) < 4.78 is 13.4. The lowest BCUT2D eigenvalue weighted by molar-refractivity contribution is -0.121. The Hall–Kier alpha value is -1.29. The fourth-order valence-corrected chi connectivity index (χ4v) is 2.98. The van der Waals surface area contributed by atoms with E-state index in [-0.39, 0.29) is 10.9 Å². The number of halogens is 2. The number of amides is 1. The van der Waals surface area contributed by atoms with Crippen molar-refractivity contribution < 1.29 is 9.18 Å². The molecule has 2 aliphatic rings. The van der Waals surface area contributed by atoms with E-state index in [0.29, 0.717) is 11.4 Å². The first-order valence-corrected chi connectivity index (χ1v) is 6.57. The Morgan fingerprint density at radius 1 is 1.17 bits per heavy atom. The van der Waals surface area contributed by atoms with Crippen LogP contribution in [0.4, 0.5) is 15.8 Å². The molecule has 3 nitrogen and oxygen atoms in total. The lowest BCUT2D eigenvalue weighted by Gasteiger charge is -2.41. The van der Waals surface area contributed by atoms with Gasteiger partial charge in [-0.1, -0.05) is 30.9 Å². The van der Waals surface area contributed by atoms with Gasteiger partial charge in [-0.25, -0.2) is 4.39 Å². The molecule has 0 bridgehead atoms. The zero-order valence-corrected chi connectivity index (χ0v) is 10.6. The van der Waals surface area contributed by atoms with Gasteiger partial charge in [-0.05, 0) is 18.9 Å². The van der Waals surface area contributed by atoms with Gasteiger partial charge >= 0.3 is 0 Å². The minimum Gasteiger partial charge on any atom is -0.369 e. The molecule has 0 aromatic heterocycles. The minimum absolute atomic E-state index is 0.0589. The van der Waals surface area contributed by atoms with Gasteiger partial charge in [-0.15, -0.1) is 0 Å². The smallest absolute Gasteiger partial charge is 0.250 e. The van der Waals surface area contributed by atoms with Crippen LogP contribution in [-0.4, -0.2) is 11.4 Å². The summed E-state index contributed by atoms with van der Waals surface area (Å²) in [6, 6.07) is 2.81. The third-order valence-corrected chi connectivity index (χ3v) is 4.11. The molecule has 0 saturated heterocycles. The van der Waals surface area contributed by atoms with E-state index in [1.54, 1.807) is 6.07 Å². The lowest BCUT2D eigenvalue weighted by Crippen LogP contribution is -2.53. The zero-order chi connectivity index (χ0) is 12.8. The topological polar surface area (TPSA) is 41.1 Å². The Bertz CT molecular complexity index is 512. The van der Waals surface area contributed by atoms with Gasteiger partial charge in [0, 0.05) is 6.07 Å². The second-order valence-corrected chi connectivity index (χ2v) is 5.44. The number of nitrogens with one attached hydrogen (secondary N) is 2. The van der Waals surface area contributed by atoms with Gasteiger partial charge in [0.05, 0.1) is 16.4 Å². The van der Waals surface area contributed by atoms with Crippen LogP contribution < -0.4 is 10.6 Å². The van der Waals surface area contributed by atoms with Crippen LogP contribution in [0.5, 0.6) is 0 Å². The Labute approximate surface area is 110 Å². The molecule has 96 valence electrons. The average Bonchev–Trinajstić information content (AvgIpc) is 2.35. The van der Waals surface area contributed by atoms with Crippen molar-refractivity contribution in [1.29, 1.82) is 0 Å². The Kier molecular flexibility index (Phi) is 2.70. The molecule has 5 heteroatoms. The second-order valence-electron chi connectivity index (χ2n) is 5.03. The van der Waals surface area contributed by atoms with E-state index in [2.05, 4.69) is 10.6 Å². The summed E-state index contributed by atoms with van der Waals surface area (Å²) in [5.41, 5.74) is 0.646. The van der Waals surface area contributed by atoms with Crippen LogP contribution >= 0.6 is 11.6 Å². The molecule has 1 heterocycles. The van der Waals surface area contributed by atoms with Crippen molar-refractivity contribution >= 4 is 28.9 Å². The number of rotatable bonds is 0. The highest BCUT2D eigenvalue weighted by molar-refractivity contribution is 6.31. The van der Waals surface area contributed by atoms with Gasteiger partial charge in [-0.3, -0.25) is 4.79 Å². The molecule has 1 aromatic carbocycles. The minimum atomic E-state index is -0.535. The highest BCUT2D eigenvalue weighted by Gasteiger charge is 2.42. The summed E-state index contributed by atoms with van der Waals surface area (Å²) in [7, 11) is 0. The largest absolute Gasteiger partial charge is 0.369 e. The predicted molar refractivity (Wildman–Crippen MR) is 69.5 cm³/mol. The van der Waals surface area contributed by atoms with E-state index in [1.807, 2.05) is 0 Å². The van der Waals surface area contributed by atoms with Crippen molar-refractivity contribution in [3.05, 3.63) is 23.0 Å². The van der Waals surface area contributed by atoms with E-state index >= 15 is 0 Å². The number of carbonyl (C=O) groups excluding carboxylic acids is 1. The van der Waals surface area contributed by atoms with E-state index < -0.39 is 11.4 Å². The molecule has 0 radical (unpaired) electrons. The zero-order valence-electron chi connectivity index (χ0n) is 9.85. The van der Waals surface area contributed by atoms with Crippen LogP contribution in [0.25, 0.3) is 0 Å². The first-order chi connectivity index (χ1) is 8.61. The Morgan fingerprint density at radius 3 is 2.61 bits per heavy atom. The number of benzene rings is 1. The summed E-state index contributed by atoms with van der Waals surface area (Å²) in [4.78, 5) is 12.2. The normalized spacial score (nSPS) is 21.1. The van der Waals surface area contributed by atoms with Crippen LogP contribution in [0.1, 0.15) is 32.1 Å². The van der Waals surface area contributed by atoms with Gasteiger partial charge in [0.1, 0.15) is 11.4 Å². The Morgan fingerprint density at radius 2 is 1.89 bits per heavy atom. The van der Waals surface area contributed by atoms with E-state index in [9.17, 15) is 9.18 Å². The molecule has 1 amide bonds. The summed E-state index contributed by atoms with van der Waals surface area (Å²) in [6.45, 7) is 0. The molecule has 1 aromatic rings. The monoisotopic (exact) mass is 268 g/mol. The second kappa shape index (κ2) is 4.12. The third-order valence-electron chi connectivity index (χ3n) is 3.82. The molecular weight excluding hydrogens is 255 g/mol. The van der Waals surface area contributed by atoms with Gasteiger partial charge < -0.3 is 10.6 Å². The number of anilines is 2. The highest BCUT2D eigenvalue weighted by atomic mass is 35.5. The van der Waals surface area contributed by atoms with E-state index in [0.717, 1.165) is 32.1 Å². The fourth-order valence-electron chi connectivity index (χ4n) is 2.82. The predicted octanol–water partition coefficient (Wildman–Crippen LogP) is 3.55. The summed E-state index contributed by atoms with van der Waals surface area (Å²) in [5.74, 6) is -0.575. The maximum atomic E-state index is 13.4. The summed E-state index contributed by atoms with van der Waals surface area (Å²) in [6.07, 6.45) is 4.85. The average molecular weight is 269 g/mol. The van der Waals surface area contributed by atoms with Gasteiger partial charge in [0.15, 0.2) is 0 Å². The maximum absolute atomic E-state index is 13.4. The molecule has 1 aliphatic heterocycles. The quantitative estimate of drug-likeness (QED) is 0.756. The van der Waals surface area contributed by atoms with Gasteiger partial charge in [0.2, 0.25) is 5.91 Å². The number of hydrogen-bond acceptors (Lipinski definition) is 2. The number of fused-ring (bicyclic) bond motifs is 1. The van der Waals surface area contributed by atoms with E-state index in [1.165, 1.54) is 6.07 Å². The van der Waals surface area contributed by atoms with Crippen molar-refractivity contribution in [2.24, 2.45) is 0 Å². The van der Waals surface area contributed by atoms with Crippen molar-refractivity contribution in [2.75, 3.05) is 10.6 Å². The van der Waals surface area contributed by atoms with Crippen molar-refractivity contribution in [1.82, 2.24) is 0 Å². The number of hydrogen-bond donors (Lipinski definition) is 2. The molecule has 2 N–H and O–H groups in total. The molecule has 1 spiro atoms. The Balaban J connectivity index is 2.00. The molecule has 3 rings (SSSR count). The SMILES string of the molecule is O=C1Nc2cc(F)c(Cl)cc2NC12CCCCC2. The molecule has 1 saturated carbocycles. The van der Waals surface area contributed by atoms with Gasteiger partial charge in [0.25, 0.3) is 0 Å². The first-order valence-electron chi connectivity index (χ1n) is 6.19. The molecule has 1 aliphatic carbocycles. The summed E-state index contributed by atoms with van der Waals surface area (Å²) >= 11 is 5.78. The van der Waals surface area contributed by atoms with Crippen molar-refractivity contribution in [3.63, 3.8) is 0 Å². The maximum Gasteiger partial charge on any atom is 0.250 e. The van der Waals surface area contributed by atoms with Crippen LogP contribution in [0.15, 0.2) is 12.1 Å². The molecule has 1 fully saturated rings. The number of carbonyl (C=O) groups is 1.